The molecule has 0 rings (SSSR count). The maximum Gasteiger partial charge on any atom is 0.472 e. The zero-order valence-electron chi connectivity index (χ0n) is 65.1. The Labute approximate surface area is 607 Å². The van der Waals surface area contributed by atoms with Gasteiger partial charge in [-0.25, -0.2) is 9.13 Å². The lowest BCUT2D eigenvalue weighted by atomic mass is 9.99. The third-order valence-electron chi connectivity index (χ3n) is 19.3. The monoisotopic (exact) mass is 1450 g/mol. The molecule has 0 aliphatic heterocycles. The minimum Gasteiger partial charge on any atom is -0.462 e. The number of unbranched alkanes of at least 4 members (excludes halogenated alkanes) is 41. The first-order valence-electron chi connectivity index (χ1n) is 41.3. The second kappa shape index (κ2) is 69.1. The van der Waals surface area contributed by atoms with Gasteiger partial charge in [-0.2, -0.15) is 0 Å². The number of ether oxygens (including phenoxy) is 4. The summed E-state index contributed by atoms with van der Waals surface area (Å²) in [6.45, 7) is 14.3. The number of phosphoric acid groups is 2. The zero-order valence-corrected chi connectivity index (χ0v) is 66.9. The fourth-order valence-corrected chi connectivity index (χ4v) is 13.8. The van der Waals surface area contributed by atoms with Gasteiger partial charge in [0.2, 0.25) is 0 Å². The number of phosphoric ester groups is 2. The zero-order chi connectivity index (χ0) is 73.1. The molecule has 0 aromatic carbocycles. The van der Waals surface area contributed by atoms with Crippen molar-refractivity contribution < 1.29 is 80.2 Å². The third-order valence-corrected chi connectivity index (χ3v) is 21.2. The van der Waals surface area contributed by atoms with Crippen molar-refractivity contribution in [3.8, 4) is 0 Å². The number of aliphatic hydroxyl groups is 1. The van der Waals surface area contributed by atoms with E-state index in [4.69, 9.17) is 37.0 Å². The van der Waals surface area contributed by atoms with Gasteiger partial charge in [-0.3, -0.25) is 37.3 Å². The van der Waals surface area contributed by atoms with E-state index in [1.807, 2.05) is 0 Å². The molecule has 588 valence electrons. The Morgan fingerprint density at radius 2 is 0.485 bits per heavy atom. The fraction of sp³-hybridized carbons (Fsp3) is 0.950. The molecule has 3 N–H and O–H groups in total. The molecule has 0 aromatic heterocycles. The Bertz CT molecular complexity index is 1940. The molecule has 0 saturated carbocycles. The first kappa shape index (κ1) is 97.1. The molecule has 0 bridgehead atoms. The summed E-state index contributed by atoms with van der Waals surface area (Å²) in [4.78, 5) is 73.0. The Morgan fingerprint density at radius 3 is 0.717 bits per heavy atom. The van der Waals surface area contributed by atoms with Gasteiger partial charge in [0.15, 0.2) is 12.2 Å². The lowest BCUT2D eigenvalue weighted by Gasteiger charge is -2.21. The molecular formula is C80H156O17P2. The van der Waals surface area contributed by atoms with Crippen LogP contribution >= 0.6 is 15.6 Å². The molecule has 99 heavy (non-hydrogen) atoms. The normalized spacial score (nSPS) is 14.6. The minimum absolute atomic E-state index is 0.106. The molecule has 0 radical (unpaired) electrons. The van der Waals surface area contributed by atoms with E-state index in [0.29, 0.717) is 25.7 Å². The summed E-state index contributed by atoms with van der Waals surface area (Å²) in [5, 5.41) is 10.6. The Kier molecular flexibility index (Phi) is 67.8. The highest BCUT2D eigenvalue weighted by Crippen LogP contribution is 2.45. The van der Waals surface area contributed by atoms with Crippen molar-refractivity contribution in [3.63, 3.8) is 0 Å². The molecule has 0 amide bonds. The van der Waals surface area contributed by atoms with Gasteiger partial charge in [0.1, 0.15) is 19.3 Å². The summed E-state index contributed by atoms with van der Waals surface area (Å²) in [5.74, 6) is 1.05. The van der Waals surface area contributed by atoms with Gasteiger partial charge in [-0.1, -0.05) is 357 Å². The van der Waals surface area contributed by atoms with E-state index in [9.17, 15) is 43.2 Å². The number of carbonyl (C=O) groups excluding carboxylic acids is 4. The van der Waals surface area contributed by atoms with E-state index in [1.54, 1.807) is 0 Å². The molecule has 0 heterocycles. The summed E-state index contributed by atoms with van der Waals surface area (Å²) in [6, 6.07) is 0. The summed E-state index contributed by atoms with van der Waals surface area (Å²) in [6.07, 6.45) is 55.3. The van der Waals surface area contributed by atoms with Gasteiger partial charge >= 0.3 is 39.5 Å². The Balaban J connectivity index is 5.27. The summed E-state index contributed by atoms with van der Waals surface area (Å²) >= 11 is 0. The van der Waals surface area contributed by atoms with E-state index in [0.717, 1.165) is 114 Å². The van der Waals surface area contributed by atoms with E-state index in [-0.39, 0.29) is 25.7 Å². The number of rotatable bonds is 77. The standard InChI is InChI=1S/C80H156O17P2/c1-9-72(7)58-50-42-34-26-22-23-29-39-47-55-63-80(85)97-76(67-91-78(83)61-53-45-37-31-30-35-43-51-59-73(8)10-2)69-95-99(88,89)93-65-74(81)64-92-98(86,87)94-68-75(66-90-77(82)60-52-44-36-27-21-17-19-25-33-41-49-57-71(5)6)96-79(84)62-54-46-38-28-20-16-14-12-11-13-15-18-24-32-40-48-56-70(3)4/h70-76,81H,9-69H2,1-8H3,(H,86,87)(H,88,89)/t72?,73?,74-,75-,76-/m1/s1. The van der Waals surface area contributed by atoms with E-state index < -0.39 is 97.5 Å². The smallest absolute Gasteiger partial charge is 0.462 e. The molecule has 17 nitrogen and oxygen atoms in total. The van der Waals surface area contributed by atoms with Crippen LogP contribution in [0, 0.1) is 23.7 Å². The average Bonchev–Trinajstić information content (AvgIpc) is 0.991. The van der Waals surface area contributed by atoms with Crippen LogP contribution in [0.15, 0.2) is 0 Å². The van der Waals surface area contributed by atoms with Crippen LogP contribution in [0.1, 0.15) is 409 Å². The first-order valence-corrected chi connectivity index (χ1v) is 44.3. The SMILES string of the molecule is CCC(C)CCCCCCCCCCCCC(=O)O[C@H](COC(=O)CCCCCCCCCCC(C)CC)COP(=O)(O)OC[C@H](O)COP(=O)(O)OC[C@@H](COC(=O)CCCCCCCCCCCCCC(C)C)OC(=O)CCCCCCCCCCCCCCCCCCC(C)C. The van der Waals surface area contributed by atoms with Crippen molar-refractivity contribution in [3.05, 3.63) is 0 Å². The van der Waals surface area contributed by atoms with Crippen molar-refractivity contribution in [2.75, 3.05) is 39.6 Å². The van der Waals surface area contributed by atoms with Crippen LogP contribution in [-0.2, 0) is 65.4 Å². The number of hydrogen-bond acceptors (Lipinski definition) is 15. The Hall–Kier alpha value is -1.94. The predicted molar refractivity (Wildman–Crippen MR) is 404 cm³/mol. The highest BCUT2D eigenvalue weighted by atomic mass is 31.2. The van der Waals surface area contributed by atoms with Crippen molar-refractivity contribution in [2.45, 2.75) is 427 Å². The third kappa shape index (κ3) is 71.5. The van der Waals surface area contributed by atoms with E-state index >= 15 is 0 Å². The summed E-state index contributed by atoms with van der Waals surface area (Å²) < 4.78 is 68.7. The molecule has 0 aliphatic carbocycles. The van der Waals surface area contributed by atoms with Crippen LogP contribution in [0.2, 0.25) is 0 Å². The van der Waals surface area contributed by atoms with Crippen LogP contribution in [0.5, 0.6) is 0 Å². The van der Waals surface area contributed by atoms with Gasteiger partial charge in [0.25, 0.3) is 0 Å². The van der Waals surface area contributed by atoms with Gasteiger partial charge < -0.3 is 33.8 Å². The average molecular weight is 1450 g/mol. The van der Waals surface area contributed by atoms with E-state index in [1.165, 1.54) is 212 Å². The molecule has 7 atom stereocenters. The summed E-state index contributed by atoms with van der Waals surface area (Å²) in [7, 11) is -9.92. The maximum absolute atomic E-state index is 13.1. The van der Waals surface area contributed by atoms with Crippen LogP contribution in [0.3, 0.4) is 0 Å². The molecule has 0 spiro atoms. The van der Waals surface area contributed by atoms with Gasteiger partial charge in [0, 0.05) is 25.7 Å². The molecule has 0 fully saturated rings. The maximum atomic E-state index is 13.1. The lowest BCUT2D eigenvalue weighted by molar-refractivity contribution is -0.161. The quantitative estimate of drug-likeness (QED) is 0.0222. The fourth-order valence-electron chi connectivity index (χ4n) is 12.2. The first-order chi connectivity index (χ1) is 47.7. The molecule has 0 aromatic rings. The van der Waals surface area contributed by atoms with Crippen molar-refractivity contribution >= 4 is 39.5 Å². The molecule has 19 heteroatoms. The number of hydrogen-bond donors (Lipinski definition) is 3. The molecule has 0 aliphatic rings. The molecule has 0 saturated heterocycles. The molecular weight excluding hydrogens is 1290 g/mol. The van der Waals surface area contributed by atoms with Crippen LogP contribution < -0.4 is 0 Å². The van der Waals surface area contributed by atoms with Crippen LogP contribution in [-0.4, -0.2) is 96.7 Å². The van der Waals surface area contributed by atoms with Gasteiger partial charge in [-0.15, -0.1) is 0 Å². The number of esters is 4. The van der Waals surface area contributed by atoms with E-state index in [2.05, 4.69) is 55.4 Å². The minimum atomic E-state index is -4.96. The van der Waals surface area contributed by atoms with Crippen molar-refractivity contribution in [1.29, 1.82) is 0 Å². The number of carbonyl (C=O) groups is 4. The van der Waals surface area contributed by atoms with Crippen LogP contribution in [0.4, 0.5) is 0 Å². The van der Waals surface area contributed by atoms with Crippen LogP contribution in [0.25, 0.3) is 0 Å². The Morgan fingerprint density at radius 1 is 0.283 bits per heavy atom. The van der Waals surface area contributed by atoms with Gasteiger partial charge in [0.05, 0.1) is 26.4 Å². The second-order valence-electron chi connectivity index (χ2n) is 30.2. The van der Waals surface area contributed by atoms with Crippen molar-refractivity contribution in [2.24, 2.45) is 23.7 Å². The molecule has 4 unspecified atom stereocenters. The summed E-state index contributed by atoms with van der Waals surface area (Å²) in [5.41, 5.74) is 0. The van der Waals surface area contributed by atoms with Crippen molar-refractivity contribution in [1.82, 2.24) is 0 Å². The topological polar surface area (TPSA) is 237 Å². The highest BCUT2D eigenvalue weighted by molar-refractivity contribution is 7.47. The number of aliphatic hydroxyl groups excluding tert-OH is 1. The largest absolute Gasteiger partial charge is 0.472 e. The predicted octanol–water partition coefficient (Wildman–Crippen LogP) is 23.6. The lowest BCUT2D eigenvalue weighted by Crippen LogP contribution is -2.30. The second-order valence-corrected chi connectivity index (χ2v) is 33.1. The highest BCUT2D eigenvalue weighted by Gasteiger charge is 2.30. The van der Waals surface area contributed by atoms with Gasteiger partial charge in [-0.05, 0) is 49.4 Å².